The van der Waals surface area contributed by atoms with E-state index in [0.29, 0.717) is 30.7 Å². The van der Waals surface area contributed by atoms with Crippen LogP contribution < -0.4 is 0 Å². The molecule has 6 heteroatoms. The van der Waals surface area contributed by atoms with Crippen molar-refractivity contribution in [2.24, 2.45) is 5.92 Å². The third-order valence-corrected chi connectivity index (χ3v) is 2.34. The van der Waals surface area contributed by atoms with Gasteiger partial charge in [0.05, 0.1) is 13.1 Å². The lowest BCUT2D eigenvalue weighted by molar-refractivity contribution is -0.138. The Kier molecular flexibility index (Phi) is 5.27. The Balaban J connectivity index is 2.65. The maximum absolute atomic E-state index is 10.8. The van der Waals surface area contributed by atoms with E-state index in [1.165, 1.54) is 0 Å². The van der Waals surface area contributed by atoms with Gasteiger partial charge >= 0.3 is 5.97 Å². The Morgan fingerprint density at radius 2 is 2.06 bits per heavy atom. The second-order valence-electron chi connectivity index (χ2n) is 5.16. The molecule has 0 aromatic carbocycles. The molecule has 0 aliphatic carbocycles. The number of aliphatic carboxylic acids is 1. The molecule has 1 rings (SSSR count). The third kappa shape index (κ3) is 4.83. The van der Waals surface area contributed by atoms with E-state index in [-0.39, 0.29) is 12.5 Å². The monoisotopic (exact) mass is 255 g/mol. The number of hydrogen-bond donors (Lipinski definition) is 1. The van der Waals surface area contributed by atoms with Gasteiger partial charge in [0.15, 0.2) is 5.82 Å². The van der Waals surface area contributed by atoms with Crippen LogP contribution in [0.1, 0.15) is 45.3 Å². The van der Waals surface area contributed by atoms with Crippen molar-refractivity contribution in [2.75, 3.05) is 13.1 Å². The van der Waals surface area contributed by atoms with Crippen LogP contribution in [0.2, 0.25) is 0 Å². The Hall–Kier alpha value is -1.43. The van der Waals surface area contributed by atoms with E-state index in [9.17, 15) is 4.79 Å². The van der Waals surface area contributed by atoms with Crippen LogP contribution in [-0.2, 0) is 11.3 Å². The van der Waals surface area contributed by atoms with Crippen LogP contribution in [0.5, 0.6) is 0 Å². The summed E-state index contributed by atoms with van der Waals surface area (Å²) < 4.78 is 5.12. The fourth-order valence-electron chi connectivity index (χ4n) is 1.65. The molecule has 0 radical (unpaired) electrons. The van der Waals surface area contributed by atoms with Crippen molar-refractivity contribution in [3.63, 3.8) is 0 Å². The minimum absolute atomic E-state index is 0.0163. The molecule has 0 fully saturated rings. The molecule has 6 nitrogen and oxygen atoms in total. The summed E-state index contributed by atoms with van der Waals surface area (Å²) in [5, 5.41) is 12.7. The topological polar surface area (TPSA) is 79.5 Å². The zero-order chi connectivity index (χ0) is 13.7. The van der Waals surface area contributed by atoms with Gasteiger partial charge in [0.25, 0.3) is 0 Å². The van der Waals surface area contributed by atoms with E-state index in [2.05, 4.69) is 10.1 Å². The summed E-state index contributed by atoms with van der Waals surface area (Å²) in [4.78, 5) is 16.8. The van der Waals surface area contributed by atoms with E-state index < -0.39 is 5.97 Å². The number of nitrogens with zero attached hydrogens (tertiary/aromatic N) is 3. The van der Waals surface area contributed by atoms with Crippen LogP contribution >= 0.6 is 0 Å². The minimum atomic E-state index is -0.848. The van der Waals surface area contributed by atoms with Gasteiger partial charge in [-0.1, -0.05) is 32.9 Å². The van der Waals surface area contributed by atoms with Crippen molar-refractivity contribution < 1.29 is 14.4 Å². The SMILES string of the molecule is CC(C)CN(CC(=O)O)Cc1nc(C(C)C)no1. The van der Waals surface area contributed by atoms with E-state index >= 15 is 0 Å². The lowest BCUT2D eigenvalue weighted by Crippen LogP contribution is -2.32. The Morgan fingerprint density at radius 1 is 1.39 bits per heavy atom. The van der Waals surface area contributed by atoms with Gasteiger partial charge < -0.3 is 9.63 Å². The number of rotatable bonds is 7. The quantitative estimate of drug-likeness (QED) is 0.799. The molecule has 0 saturated heterocycles. The molecule has 1 aromatic heterocycles. The first-order chi connectivity index (χ1) is 8.38. The molecule has 0 aliphatic heterocycles. The smallest absolute Gasteiger partial charge is 0.317 e. The van der Waals surface area contributed by atoms with Crippen molar-refractivity contribution in [1.82, 2.24) is 15.0 Å². The van der Waals surface area contributed by atoms with Crippen LogP contribution in [0.4, 0.5) is 0 Å². The standard InChI is InChI=1S/C12H21N3O3/c1-8(2)5-15(7-11(16)17)6-10-13-12(9(3)4)14-18-10/h8-9H,5-7H2,1-4H3,(H,16,17). The van der Waals surface area contributed by atoms with Crippen LogP contribution in [0.25, 0.3) is 0 Å². The molecular weight excluding hydrogens is 234 g/mol. The van der Waals surface area contributed by atoms with E-state index in [0.717, 1.165) is 0 Å². The Labute approximate surface area is 107 Å². The van der Waals surface area contributed by atoms with E-state index in [4.69, 9.17) is 9.63 Å². The summed E-state index contributed by atoms with van der Waals surface area (Å²) in [5.74, 6) is 0.877. The zero-order valence-electron chi connectivity index (χ0n) is 11.4. The molecule has 102 valence electrons. The molecule has 0 aliphatic rings. The van der Waals surface area contributed by atoms with Crippen LogP contribution in [0.3, 0.4) is 0 Å². The number of carboxylic acids is 1. The summed E-state index contributed by atoms with van der Waals surface area (Å²) in [5.41, 5.74) is 0. The van der Waals surface area contributed by atoms with Gasteiger partial charge in [-0.3, -0.25) is 9.69 Å². The normalized spacial score (nSPS) is 11.7. The summed E-state index contributed by atoms with van der Waals surface area (Å²) in [6.45, 7) is 9.10. The zero-order valence-corrected chi connectivity index (χ0v) is 11.4. The maximum atomic E-state index is 10.8. The molecule has 0 atom stereocenters. The summed E-state index contributed by atoms with van der Waals surface area (Å²) in [7, 11) is 0. The molecule has 0 amide bonds. The molecule has 0 saturated carbocycles. The van der Waals surface area contributed by atoms with Gasteiger partial charge in [0.1, 0.15) is 0 Å². The first-order valence-electron chi connectivity index (χ1n) is 6.15. The molecule has 0 spiro atoms. The van der Waals surface area contributed by atoms with E-state index in [1.54, 1.807) is 4.90 Å². The first kappa shape index (κ1) is 14.6. The van der Waals surface area contributed by atoms with Gasteiger partial charge in [-0.15, -0.1) is 0 Å². The average molecular weight is 255 g/mol. The maximum Gasteiger partial charge on any atom is 0.317 e. The van der Waals surface area contributed by atoms with Crippen LogP contribution in [-0.4, -0.2) is 39.2 Å². The highest BCUT2D eigenvalue weighted by Crippen LogP contribution is 2.11. The van der Waals surface area contributed by atoms with Crippen molar-refractivity contribution in [2.45, 2.75) is 40.2 Å². The lowest BCUT2D eigenvalue weighted by Gasteiger charge is -2.20. The Bertz CT molecular complexity index is 388. The molecule has 1 N–H and O–H groups in total. The highest BCUT2D eigenvalue weighted by atomic mass is 16.5. The molecule has 0 bridgehead atoms. The molecule has 0 unspecified atom stereocenters. The largest absolute Gasteiger partial charge is 0.480 e. The second kappa shape index (κ2) is 6.49. The fourth-order valence-corrected chi connectivity index (χ4v) is 1.65. The van der Waals surface area contributed by atoms with Crippen molar-refractivity contribution in [3.05, 3.63) is 11.7 Å². The van der Waals surface area contributed by atoms with Gasteiger partial charge in [-0.2, -0.15) is 4.98 Å². The molecule has 1 aromatic rings. The van der Waals surface area contributed by atoms with Crippen LogP contribution in [0.15, 0.2) is 4.52 Å². The highest BCUT2D eigenvalue weighted by Gasteiger charge is 2.16. The minimum Gasteiger partial charge on any atom is -0.480 e. The van der Waals surface area contributed by atoms with Crippen molar-refractivity contribution >= 4 is 5.97 Å². The summed E-state index contributed by atoms with van der Waals surface area (Å²) >= 11 is 0. The number of hydrogen-bond acceptors (Lipinski definition) is 5. The summed E-state index contributed by atoms with van der Waals surface area (Å²) in [6.07, 6.45) is 0. The van der Waals surface area contributed by atoms with Gasteiger partial charge in [0.2, 0.25) is 5.89 Å². The van der Waals surface area contributed by atoms with Crippen molar-refractivity contribution in [1.29, 1.82) is 0 Å². The van der Waals surface area contributed by atoms with Crippen LogP contribution in [0, 0.1) is 5.92 Å². The first-order valence-corrected chi connectivity index (χ1v) is 6.15. The highest BCUT2D eigenvalue weighted by molar-refractivity contribution is 5.69. The third-order valence-electron chi connectivity index (χ3n) is 2.34. The second-order valence-corrected chi connectivity index (χ2v) is 5.16. The predicted molar refractivity (Wildman–Crippen MR) is 66.1 cm³/mol. The lowest BCUT2D eigenvalue weighted by atomic mass is 10.2. The molecular formula is C12H21N3O3. The molecule has 1 heterocycles. The number of carboxylic acid groups (broad SMARTS) is 1. The number of carbonyl (C=O) groups is 1. The fraction of sp³-hybridized carbons (Fsp3) is 0.750. The number of aromatic nitrogens is 2. The summed E-state index contributed by atoms with van der Waals surface area (Å²) in [6, 6.07) is 0. The van der Waals surface area contributed by atoms with Gasteiger partial charge in [-0.25, -0.2) is 0 Å². The van der Waals surface area contributed by atoms with Crippen molar-refractivity contribution in [3.8, 4) is 0 Å². The Morgan fingerprint density at radius 3 is 2.50 bits per heavy atom. The predicted octanol–water partition coefficient (Wildman–Crippen LogP) is 1.74. The van der Waals surface area contributed by atoms with E-state index in [1.807, 2.05) is 27.7 Å². The molecule has 18 heavy (non-hydrogen) atoms. The van der Waals surface area contributed by atoms with Gasteiger partial charge in [-0.05, 0) is 5.92 Å². The average Bonchev–Trinajstić information content (AvgIpc) is 2.63. The van der Waals surface area contributed by atoms with Gasteiger partial charge in [0, 0.05) is 12.5 Å².